The largest absolute Gasteiger partial charge is 0.341 e. The molecule has 5 rings (SSSR count). The van der Waals surface area contributed by atoms with Crippen molar-refractivity contribution in [2.24, 2.45) is 0 Å². The summed E-state index contributed by atoms with van der Waals surface area (Å²) in [4.78, 5) is 20.2. The van der Waals surface area contributed by atoms with Gasteiger partial charge in [0.1, 0.15) is 5.82 Å². The maximum absolute atomic E-state index is 4.84. The Morgan fingerprint density at radius 1 is 0.967 bits per heavy atom. The summed E-state index contributed by atoms with van der Waals surface area (Å²) in [5.41, 5.74) is 5.93. The van der Waals surface area contributed by atoms with Crippen molar-refractivity contribution in [3.8, 4) is 0 Å². The van der Waals surface area contributed by atoms with Crippen LogP contribution in [0.15, 0.2) is 67.0 Å². The molecule has 3 heterocycles. The number of fused-ring (bicyclic) bond motifs is 2. The third-order valence-electron chi connectivity index (χ3n) is 6.00. The number of rotatable bonds is 7. The normalized spacial score (nSPS) is 16.1. The van der Waals surface area contributed by atoms with Crippen LogP contribution in [0.2, 0.25) is 0 Å². The van der Waals surface area contributed by atoms with Crippen molar-refractivity contribution in [2.45, 2.75) is 44.7 Å². The van der Waals surface area contributed by atoms with Crippen molar-refractivity contribution in [1.29, 1.82) is 0 Å². The fourth-order valence-electron chi connectivity index (χ4n) is 4.57. The van der Waals surface area contributed by atoms with Gasteiger partial charge in [-0.15, -0.1) is 0 Å². The molecule has 0 aliphatic heterocycles. The topological polar surface area (TPSA) is 57.7 Å². The van der Waals surface area contributed by atoms with E-state index >= 15 is 0 Å². The van der Waals surface area contributed by atoms with Crippen molar-refractivity contribution in [1.82, 2.24) is 24.8 Å². The van der Waals surface area contributed by atoms with Gasteiger partial charge < -0.3 is 4.98 Å². The van der Waals surface area contributed by atoms with Crippen LogP contribution in [-0.4, -0.2) is 31.4 Å². The Morgan fingerprint density at radius 3 is 2.77 bits per heavy atom. The third kappa shape index (κ3) is 4.12. The highest BCUT2D eigenvalue weighted by Gasteiger charge is 2.27. The second-order valence-electron chi connectivity index (χ2n) is 8.05. The molecule has 1 aromatic carbocycles. The van der Waals surface area contributed by atoms with E-state index in [1.54, 1.807) is 0 Å². The van der Waals surface area contributed by atoms with Gasteiger partial charge in [-0.05, 0) is 74.5 Å². The Labute approximate surface area is 177 Å². The molecule has 0 saturated carbocycles. The Kier molecular flexibility index (Phi) is 5.53. The van der Waals surface area contributed by atoms with E-state index in [2.05, 4.69) is 57.3 Å². The maximum atomic E-state index is 4.84. The molecular formula is C25H27N5. The van der Waals surface area contributed by atoms with Gasteiger partial charge in [-0.25, -0.2) is 4.98 Å². The average Bonchev–Trinajstić information content (AvgIpc) is 3.21. The van der Waals surface area contributed by atoms with E-state index in [1.807, 2.05) is 24.5 Å². The quantitative estimate of drug-likeness (QED) is 0.484. The maximum Gasteiger partial charge on any atom is 0.121 e. The van der Waals surface area contributed by atoms with E-state index in [0.717, 1.165) is 61.3 Å². The van der Waals surface area contributed by atoms with Crippen LogP contribution >= 0.6 is 0 Å². The molecule has 5 nitrogen and oxygen atoms in total. The molecule has 1 aliphatic carbocycles. The standard InChI is InChI=1S/C25H27N5/c1-2-13-22-21(12-1)28-24(29-22)18-30(17-7-11-20-10-3-4-15-26-20)23-14-5-8-19-9-6-16-27-25(19)23/h1-4,6,9-10,12-13,15-16,23H,5,7-8,11,14,17-18H2,(H,28,29). The predicted octanol–water partition coefficient (Wildman–Crippen LogP) is 4.87. The Bertz CT molecular complexity index is 1070. The number of nitrogens with one attached hydrogen (secondary N) is 1. The molecule has 1 unspecified atom stereocenters. The Morgan fingerprint density at radius 2 is 1.87 bits per heavy atom. The van der Waals surface area contributed by atoms with Gasteiger partial charge >= 0.3 is 0 Å². The minimum absolute atomic E-state index is 0.340. The smallest absolute Gasteiger partial charge is 0.121 e. The number of benzene rings is 1. The van der Waals surface area contributed by atoms with Gasteiger partial charge in [-0.2, -0.15) is 0 Å². The van der Waals surface area contributed by atoms with Gasteiger partial charge in [0.25, 0.3) is 0 Å². The summed E-state index contributed by atoms with van der Waals surface area (Å²) in [5, 5.41) is 0. The summed E-state index contributed by atoms with van der Waals surface area (Å²) < 4.78 is 0. The van der Waals surface area contributed by atoms with E-state index in [1.165, 1.54) is 17.7 Å². The van der Waals surface area contributed by atoms with Gasteiger partial charge in [0, 0.05) is 18.1 Å². The molecule has 0 spiro atoms. The zero-order chi connectivity index (χ0) is 20.2. The van der Waals surface area contributed by atoms with Crippen molar-refractivity contribution in [3.05, 3.63) is 89.8 Å². The Hall–Kier alpha value is -3.05. The number of para-hydroxylation sites is 2. The lowest BCUT2D eigenvalue weighted by molar-refractivity contribution is 0.160. The lowest BCUT2D eigenvalue weighted by Crippen LogP contribution is -2.33. The Balaban J connectivity index is 1.38. The fourth-order valence-corrected chi connectivity index (χ4v) is 4.57. The van der Waals surface area contributed by atoms with Crippen LogP contribution in [0.1, 0.15) is 48.1 Å². The van der Waals surface area contributed by atoms with Gasteiger partial charge in [0.15, 0.2) is 0 Å². The average molecular weight is 398 g/mol. The van der Waals surface area contributed by atoms with Crippen LogP contribution < -0.4 is 0 Å². The molecule has 3 aromatic heterocycles. The number of hydrogen-bond acceptors (Lipinski definition) is 4. The van der Waals surface area contributed by atoms with Gasteiger partial charge in [0.05, 0.1) is 29.3 Å². The van der Waals surface area contributed by atoms with Crippen molar-refractivity contribution in [3.63, 3.8) is 0 Å². The van der Waals surface area contributed by atoms with Crippen LogP contribution in [-0.2, 0) is 19.4 Å². The molecule has 4 aromatic rings. The van der Waals surface area contributed by atoms with Crippen molar-refractivity contribution >= 4 is 11.0 Å². The van der Waals surface area contributed by atoms with Crippen LogP contribution in [0, 0.1) is 0 Å². The summed E-state index contributed by atoms with van der Waals surface area (Å²) >= 11 is 0. The SMILES string of the molecule is c1ccc(CCCN(Cc2nc3ccccc3[nH]2)C2CCCc3cccnc32)nc1. The summed E-state index contributed by atoms with van der Waals surface area (Å²) in [5.74, 6) is 1.03. The highest BCUT2D eigenvalue weighted by molar-refractivity contribution is 5.74. The molecule has 1 N–H and O–H groups in total. The molecule has 0 saturated heterocycles. The fraction of sp³-hybridized carbons (Fsp3) is 0.320. The highest BCUT2D eigenvalue weighted by Crippen LogP contribution is 2.33. The van der Waals surface area contributed by atoms with Gasteiger partial charge in [-0.1, -0.05) is 24.3 Å². The van der Waals surface area contributed by atoms with E-state index in [9.17, 15) is 0 Å². The molecule has 1 atom stereocenters. The minimum Gasteiger partial charge on any atom is -0.341 e. The first-order valence-electron chi connectivity index (χ1n) is 10.9. The van der Waals surface area contributed by atoms with Crippen LogP contribution in [0.25, 0.3) is 11.0 Å². The van der Waals surface area contributed by atoms with Gasteiger partial charge in [-0.3, -0.25) is 14.9 Å². The first-order valence-corrected chi connectivity index (χ1v) is 10.9. The van der Waals surface area contributed by atoms with E-state index in [-0.39, 0.29) is 0 Å². The minimum atomic E-state index is 0.340. The zero-order valence-corrected chi connectivity index (χ0v) is 17.2. The number of aromatic nitrogens is 4. The number of pyridine rings is 2. The van der Waals surface area contributed by atoms with Gasteiger partial charge in [0.2, 0.25) is 0 Å². The summed E-state index contributed by atoms with van der Waals surface area (Å²) in [6.45, 7) is 1.80. The van der Waals surface area contributed by atoms with Crippen molar-refractivity contribution in [2.75, 3.05) is 6.54 Å². The third-order valence-corrected chi connectivity index (χ3v) is 6.00. The number of aromatic amines is 1. The van der Waals surface area contributed by atoms with E-state index < -0.39 is 0 Å². The predicted molar refractivity (Wildman–Crippen MR) is 119 cm³/mol. The molecule has 0 amide bonds. The second kappa shape index (κ2) is 8.76. The number of hydrogen-bond donors (Lipinski definition) is 1. The molecular weight excluding hydrogens is 370 g/mol. The molecule has 0 radical (unpaired) electrons. The molecule has 1 aliphatic rings. The lowest BCUT2D eigenvalue weighted by Gasteiger charge is -2.34. The molecule has 0 fully saturated rings. The number of imidazole rings is 1. The second-order valence-corrected chi connectivity index (χ2v) is 8.05. The first kappa shape index (κ1) is 18.9. The molecule has 0 bridgehead atoms. The zero-order valence-electron chi connectivity index (χ0n) is 17.2. The van der Waals surface area contributed by atoms with Crippen LogP contribution in [0.3, 0.4) is 0 Å². The van der Waals surface area contributed by atoms with Crippen LogP contribution in [0.5, 0.6) is 0 Å². The monoisotopic (exact) mass is 397 g/mol. The highest BCUT2D eigenvalue weighted by atomic mass is 15.2. The lowest BCUT2D eigenvalue weighted by atomic mass is 9.90. The van der Waals surface area contributed by atoms with Crippen molar-refractivity contribution < 1.29 is 0 Å². The molecule has 152 valence electrons. The summed E-state index contributed by atoms with van der Waals surface area (Å²) in [7, 11) is 0. The number of H-pyrrole nitrogens is 1. The molecule has 5 heteroatoms. The molecule has 30 heavy (non-hydrogen) atoms. The number of aryl methyl sites for hydroxylation is 2. The summed E-state index contributed by atoms with van der Waals surface area (Å²) in [6, 6.07) is 19.0. The first-order chi connectivity index (χ1) is 14.9. The van der Waals surface area contributed by atoms with E-state index in [0.29, 0.717) is 6.04 Å². The van der Waals surface area contributed by atoms with Crippen LogP contribution in [0.4, 0.5) is 0 Å². The van der Waals surface area contributed by atoms with E-state index in [4.69, 9.17) is 9.97 Å². The summed E-state index contributed by atoms with van der Waals surface area (Å²) in [6.07, 6.45) is 9.35. The number of nitrogens with zero attached hydrogens (tertiary/aromatic N) is 4.